The SMILES string of the molecule is CC(C)COC(=O)[C@@H]1C(=O)C[C@@](C)(O)[C@H](C(=O)OCC(C)C)[C@@H]1c1cccc([N+](=O)[O-])c1. The van der Waals surface area contributed by atoms with Gasteiger partial charge in [-0.15, -0.1) is 0 Å². The molecule has 0 heterocycles. The normalized spacial score (nSPS) is 25.6. The smallest absolute Gasteiger partial charge is 0.317 e. The lowest BCUT2D eigenvalue weighted by Crippen LogP contribution is -2.55. The number of benzene rings is 1. The lowest BCUT2D eigenvalue weighted by atomic mass is 9.61. The third-order valence-corrected chi connectivity index (χ3v) is 5.36. The zero-order valence-corrected chi connectivity index (χ0v) is 19.1. The molecule has 1 aromatic rings. The average molecular weight is 450 g/mol. The van der Waals surface area contributed by atoms with Crippen molar-refractivity contribution in [2.45, 2.75) is 52.6 Å². The third kappa shape index (κ3) is 5.91. The molecular formula is C23H31NO8. The van der Waals surface area contributed by atoms with Crippen molar-refractivity contribution in [2.75, 3.05) is 13.2 Å². The second kappa shape index (κ2) is 10.2. The van der Waals surface area contributed by atoms with Crippen molar-refractivity contribution in [1.29, 1.82) is 0 Å². The van der Waals surface area contributed by atoms with Gasteiger partial charge in [-0.05, 0) is 24.3 Å². The van der Waals surface area contributed by atoms with Gasteiger partial charge in [0.05, 0.1) is 29.7 Å². The minimum Gasteiger partial charge on any atom is -0.465 e. The number of carbonyl (C=O) groups excluding carboxylic acids is 3. The van der Waals surface area contributed by atoms with Crippen LogP contribution in [-0.4, -0.2) is 46.6 Å². The van der Waals surface area contributed by atoms with Crippen LogP contribution in [0, 0.1) is 33.8 Å². The molecule has 2 rings (SSSR count). The molecule has 0 amide bonds. The summed E-state index contributed by atoms with van der Waals surface area (Å²) >= 11 is 0. The van der Waals surface area contributed by atoms with E-state index in [9.17, 15) is 29.6 Å². The Kier molecular flexibility index (Phi) is 8.12. The molecule has 32 heavy (non-hydrogen) atoms. The zero-order valence-electron chi connectivity index (χ0n) is 19.1. The number of non-ortho nitro benzene ring substituents is 1. The maximum atomic E-state index is 13.1. The molecule has 1 aliphatic carbocycles. The Labute approximate surface area is 187 Å². The summed E-state index contributed by atoms with van der Waals surface area (Å²) in [6.07, 6.45) is -0.443. The molecule has 1 N–H and O–H groups in total. The van der Waals surface area contributed by atoms with Gasteiger partial charge in [0, 0.05) is 24.5 Å². The maximum absolute atomic E-state index is 13.1. The van der Waals surface area contributed by atoms with Gasteiger partial charge in [0.15, 0.2) is 5.78 Å². The summed E-state index contributed by atoms with van der Waals surface area (Å²) in [6.45, 7) is 8.87. The van der Waals surface area contributed by atoms with Gasteiger partial charge in [0.25, 0.3) is 5.69 Å². The summed E-state index contributed by atoms with van der Waals surface area (Å²) in [6, 6.07) is 5.39. The van der Waals surface area contributed by atoms with Crippen molar-refractivity contribution < 1.29 is 33.9 Å². The van der Waals surface area contributed by atoms with Crippen molar-refractivity contribution in [1.82, 2.24) is 0 Å². The third-order valence-electron chi connectivity index (χ3n) is 5.36. The molecule has 0 saturated heterocycles. The molecule has 1 fully saturated rings. The van der Waals surface area contributed by atoms with Crippen molar-refractivity contribution >= 4 is 23.4 Å². The quantitative estimate of drug-likeness (QED) is 0.277. The molecule has 1 aliphatic rings. The van der Waals surface area contributed by atoms with Crippen LogP contribution in [0.2, 0.25) is 0 Å². The Hall–Kier alpha value is -2.81. The Balaban J connectivity index is 2.60. The zero-order chi connectivity index (χ0) is 24.2. The first kappa shape index (κ1) is 25.5. The van der Waals surface area contributed by atoms with E-state index in [0.29, 0.717) is 0 Å². The van der Waals surface area contributed by atoms with E-state index in [1.807, 2.05) is 27.7 Å². The summed E-state index contributed by atoms with van der Waals surface area (Å²) in [5.41, 5.74) is -1.86. The van der Waals surface area contributed by atoms with Gasteiger partial charge in [-0.1, -0.05) is 39.8 Å². The first-order valence-electron chi connectivity index (χ1n) is 10.7. The molecule has 9 heteroatoms. The number of rotatable bonds is 8. The summed E-state index contributed by atoms with van der Waals surface area (Å²) in [5.74, 6) is -6.00. The standard InChI is InChI=1S/C23H31NO8/c1-13(2)11-31-21(26)19-17(25)10-23(5,28)20(22(27)32-12-14(3)4)18(19)15-7-6-8-16(9-15)24(29)30/h6-9,13-14,18-20,28H,10-12H2,1-5H3/t18-,19-,20+,23-/m1/s1. The number of ether oxygens (including phenoxy) is 2. The lowest BCUT2D eigenvalue weighted by Gasteiger charge is -2.43. The first-order chi connectivity index (χ1) is 14.8. The average Bonchev–Trinajstić information content (AvgIpc) is 2.69. The number of nitro groups is 1. The van der Waals surface area contributed by atoms with E-state index < -0.39 is 52.4 Å². The number of ketones is 1. The molecular weight excluding hydrogens is 418 g/mol. The predicted molar refractivity (Wildman–Crippen MR) is 115 cm³/mol. The van der Waals surface area contributed by atoms with Crippen LogP contribution in [0.4, 0.5) is 5.69 Å². The molecule has 176 valence electrons. The van der Waals surface area contributed by atoms with E-state index in [1.54, 1.807) is 0 Å². The Morgan fingerprint density at radius 3 is 2.25 bits per heavy atom. The second-order valence-corrected chi connectivity index (χ2v) is 9.38. The van der Waals surface area contributed by atoms with Gasteiger partial charge in [0.2, 0.25) is 0 Å². The fraction of sp³-hybridized carbons (Fsp3) is 0.609. The van der Waals surface area contributed by atoms with Gasteiger partial charge in [-0.25, -0.2) is 0 Å². The summed E-state index contributed by atoms with van der Waals surface area (Å²) in [4.78, 5) is 49.7. The van der Waals surface area contributed by atoms with Crippen molar-refractivity contribution in [3.05, 3.63) is 39.9 Å². The van der Waals surface area contributed by atoms with E-state index in [0.717, 1.165) is 0 Å². The summed E-state index contributed by atoms with van der Waals surface area (Å²) in [5, 5.41) is 22.4. The number of nitrogens with zero attached hydrogens (tertiary/aromatic N) is 1. The number of hydrogen-bond acceptors (Lipinski definition) is 8. The molecule has 4 atom stereocenters. The van der Waals surface area contributed by atoms with Crippen LogP contribution in [0.25, 0.3) is 0 Å². The van der Waals surface area contributed by atoms with Crippen LogP contribution in [0.5, 0.6) is 0 Å². The molecule has 9 nitrogen and oxygen atoms in total. The maximum Gasteiger partial charge on any atom is 0.317 e. The van der Waals surface area contributed by atoms with Gasteiger partial charge < -0.3 is 14.6 Å². The van der Waals surface area contributed by atoms with E-state index >= 15 is 0 Å². The van der Waals surface area contributed by atoms with Gasteiger partial charge >= 0.3 is 11.9 Å². The molecule has 0 aromatic heterocycles. The van der Waals surface area contributed by atoms with Crippen molar-refractivity contribution in [3.8, 4) is 0 Å². The Bertz CT molecular complexity index is 877. The number of esters is 2. The summed E-state index contributed by atoms with van der Waals surface area (Å²) < 4.78 is 10.7. The van der Waals surface area contributed by atoms with Gasteiger partial charge in [-0.3, -0.25) is 24.5 Å². The van der Waals surface area contributed by atoms with Crippen molar-refractivity contribution in [2.24, 2.45) is 23.7 Å². The highest BCUT2D eigenvalue weighted by Gasteiger charge is 2.57. The first-order valence-corrected chi connectivity index (χ1v) is 10.7. The van der Waals surface area contributed by atoms with Crippen LogP contribution in [0.1, 0.15) is 52.5 Å². The lowest BCUT2D eigenvalue weighted by molar-refractivity contribution is -0.385. The molecule has 0 spiro atoms. The minimum atomic E-state index is -1.81. The van der Waals surface area contributed by atoms with Gasteiger partial charge in [0.1, 0.15) is 5.92 Å². The van der Waals surface area contributed by atoms with E-state index in [2.05, 4.69) is 0 Å². The highest BCUT2D eigenvalue weighted by atomic mass is 16.6. The fourth-order valence-corrected chi connectivity index (χ4v) is 3.94. The van der Waals surface area contributed by atoms with Gasteiger partial charge in [-0.2, -0.15) is 0 Å². The molecule has 0 radical (unpaired) electrons. The van der Waals surface area contributed by atoms with Crippen LogP contribution in [0.15, 0.2) is 24.3 Å². The largest absolute Gasteiger partial charge is 0.465 e. The molecule has 0 bridgehead atoms. The van der Waals surface area contributed by atoms with E-state index in [1.165, 1.54) is 31.2 Å². The van der Waals surface area contributed by atoms with Crippen LogP contribution < -0.4 is 0 Å². The number of hydrogen-bond donors (Lipinski definition) is 1. The number of aliphatic hydroxyl groups is 1. The van der Waals surface area contributed by atoms with Crippen LogP contribution in [0.3, 0.4) is 0 Å². The highest BCUT2D eigenvalue weighted by molar-refractivity contribution is 6.02. The fourth-order valence-electron chi connectivity index (χ4n) is 3.94. The number of Topliss-reactive ketones (excluding diaryl/α,β-unsaturated/α-hetero) is 1. The molecule has 1 saturated carbocycles. The molecule has 0 aliphatic heterocycles. The van der Waals surface area contributed by atoms with Crippen LogP contribution in [-0.2, 0) is 23.9 Å². The molecule has 0 unspecified atom stereocenters. The minimum absolute atomic E-state index is 0.0174. The molecule has 1 aromatic carbocycles. The van der Waals surface area contributed by atoms with Crippen molar-refractivity contribution in [3.63, 3.8) is 0 Å². The Morgan fingerprint density at radius 2 is 1.72 bits per heavy atom. The monoisotopic (exact) mass is 449 g/mol. The number of nitro benzene ring substituents is 1. The Morgan fingerprint density at radius 1 is 1.16 bits per heavy atom. The van der Waals surface area contributed by atoms with E-state index in [-0.39, 0.29) is 36.3 Å². The predicted octanol–water partition coefficient (Wildman–Crippen LogP) is 3.03. The highest BCUT2D eigenvalue weighted by Crippen LogP contribution is 2.47. The summed E-state index contributed by atoms with van der Waals surface area (Å²) in [7, 11) is 0. The number of carbonyl (C=O) groups is 3. The van der Waals surface area contributed by atoms with E-state index in [4.69, 9.17) is 9.47 Å². The van der Waals surface area contributed by atoms with Crippen LogP contribution >= 0.6 is 0 Å². The second-order valence-electron chi connectivity index (χ2n) is 9.38. The topological polar surface area (TPSA) is 133 Å².